The van der Waals surface area contributed by atoms with Gasteiger partial charge in [-0.15, -0.1) is 0 Å². The molecule has 1 aliphatic heterocycles. The molecule has 1 unspecified atom stereocenters. The van der Waals surface area contributed by atoms with Gasteiger partial charge in [-0.25, -0.2) is 0 Å². The lowest BCUT2D eigenvalue weighted by Gasteiger charge is -2.30. The molecule has 0 aromatic heterocycles. The molecule has 0 aliphatic carbocycles. The lowest BCUT2D eigenvalue weighted by molar-refractivity contribution is 0.250. The van der Waals surface area contributed by atoms with E-state index >= 15 is 0 Å². The van der Waals surface area contributed by atoms with Gasteiger partial charge >= 0.3 is 0 Å². The molecule has 1 aliphatic rings. The standard InChI is InChI=1S/C16H25NO/c1-12(2)15-8-7-13(10-16(15)18-4)14-6-5-9-17(3)11-14/h7-8,10,12,14H,5-6,9,11H2,1-4H3. The molecule has 100 valence electrons. The summed E-state index contributed by atoms with van der Waals surface area (Å²) in [5.74, 6) is 2.23. The number of benzene rings is 1. The van der Waals surface area contributed by atoms with E-state index in [4.69, 9.17) is 4.74 Å². The Morgan fingerprint density at radius 3 is 2.72 bits per heavy atom. The first-order chi connectivity index (χ1) is 8.61. The second-order valence-corrected chi connectivity index (χ2v) is 5.76. The van der Waals surface area contributed by atoms with Crippen LogP contribution in [0.3, 0.4) is 0 Å². The van der Waals surface area contributed by atoms with Gasteiger partial charge in [-0.1, -0.05) is 26.0 Å². The molecule has 1 fully saturated rings. The quantitative estimate of drug-likeness (QED) is 0.808. The van der Waals surface area contributed by atoms with Crippen LogP contribution in [0.2, 0.25) is 0 Å². The number of piperidine rings is 1. The van der Waals surface area contributed by atoms with Crippen molar-refractivity contribution in [2.75, 3.05) is 27.2 Å². The van der Waals surface area contributed by atoms with Crippen molar-refractivity contribution in [2.24, 2.45) is 0 Å². The predicted octanol–water partition coefficient (Wildman–Crippen LogP) is 3.63. The minimum Gasteiger partial charge on any atom is -0.496 e. The molecule has 2 nitrogen and oxygen atoms in total. The number of ether oxygens (including phenoxy) is 1. The Morgan fingerprint density at radius 2 is 2.11 bits per heavy atom. The van der Waals surface area contributed by atoms with E-state index in [1.54, 1.807) is 7.11 Å². The zero-order valence-corrected chi connectivity index (χ0v) is 12.1. The molecule has 2 heteroatoms. The van der Waals surface area contributed by atoms with Crippen LogP contribution in [-0.4, -0.2) is 32.1 Å². The van der Waals surface area contributed by atoms with Crippen LogP contribution in [0.25, 0.3) is 0 Å². The average Bonchev–Trinajstić information content (AvgIpc) is 2.37. The maximum atomic E-state index is 5.55. The van der Waals surface area contributed by atoms with Crippen LogP contribution >= 0.6 is 0 Å². The fraction of sp³-hybridized carbons (Fsp3) is 0.625. The van der Waals surface area contributed by atoms with Crippen molar-refractivity contribution in [1.29, 1.82) is 0 Å². The first-order valence-corrected chi connectivity index (χ1v) is 6.98. The summed E-state index contributed by atoms with van der Waals surface area (Å²) >= 11 is 0. The van der Waals surface area contributed by atoms with Crippen LogP contribution in [0, 0.1) is 0 Å². The summed E-state index contributed by atoms with van der Waals surface area (Å²) in [5.41, 5.74) is 2.74. The summed E-state index contributed by atoms with van der Waals surface area (Å²) in [6, 6.07) is 6.79. The van der Waals surface area contributed by atoms with E-state index in [0.29, 0.717) is 11.8 Å². The molecule has 1 aromatic carbocycles. The van der Waals surface area contributed by atoms with Crippen LogP contribution in [0.4, 0.5) is 0 Å². The van der Waals surface area contributed by atoms with Gasteiger partial charge in [0.2, 0.25) is 0 Å². The smallest absolute Gasteiger partial charge is 0.122 e. The van der Waals surface area contributed by atoms with E-state index in [1.165, 1.54) is 37.1 Å². The molecule has 0 radical (unpaired) electrons. The average molecular weight is 247 g/mol. The molecule has 1 aromatic rings. The number of rotatable bonds is 3. The van der Waals surface area contributed by atoms with Crippen molar-refractivity contribution in [2.45, 2.75) is 38.5 Å². The highest BCUT2D eigenvalue weighted by Gasteiger charge is 2.20. The third-order valence-electron chi connectivity index (χ3n) is 3.98. The molecular formula is C16H25NO. The molecule has 0 spiro atoms. The molecule has 1 heterocycles. The summed E-state index contributed by atoms with van der Waals surface area (Å²) in [4.78, 5) is 2.43. The number of likely N-dealkylation sites (tertiary alicyclic amines) is 1. The highest BCUT2D eigenvalue weighted by atomic mass is 16.5. The Bertz CT molecular complexity index is 400. The van der Waals surface area contributed by atoms with Crippen molar-refractivity contribution in [3.63, 3.8) is 0 Å². The Hall–Kier alpha value is -1.02. The monoisotopic (exact) mass is 247 g/mol. The largest absolute Gasteiger partial charge is 0.496 e. The summed E-state index contributed by atoms with van der Waals surface area (Å²) in [6.45, 7) is 6.83. The summed E-state index contributed by atoms with van der Waals surface area (Å²) < 4.78 is 5.55. The lowest BCUT2D eigenvalue weighted by atomic mass is 9.89. The van der Waals surface area contributed by atoms with Crippen LogP contribution in [0.1, 0.15) is 49.7 Å². The molecule has 0 amide bonds. The number of methoxy groups -OCH3 is 1. The fourth-order valence-electron chi connectivity index (χ4n) is 2.90. The number of likely N-dealkylation sites (N-methyl/N-ethyl adjacent to an activating group) is 1. The Labute approximate surface area is 111 Å². The number of nitrogens with zero attached hydrogens (tertiary/aromatic N) is 1. The zero-order valence-electron chi connectivity index (χ0n) is 12.1. The van der Waals surface area contributed by atoms with Crippen molar-refractivity contribution in [3.8, 4) is 5.75 Å². The highest BCUT2D eigenvalue weighted by molar-refractivity contribution is 5.41. The van der Waals surface area contributed by atoms with Gasteiger partial charge in [-0.3, -0.25) is 0 Å². The topological polar surface area (TPSA) is 12.5 Å². The molecule has 2 rings (SSSR count). The normalized spacial score (nSPS) is 21.3. The van der Waals surface area contributed by atoms with E-state index in [2.05, 4.69) is 44.0 Å². The molecular weight excluding hydrogens is 222 g/mol. The van der Waals surface area contributed by atoms with Crippen molar-refractivity contribution in [1.82, 2.24) is 4.90 Å². The van der Waals surface area contributed by atoms with E-state index in [1.807, 2.05) is 0 Å². The van der Waals surface area contributed by atoms with Crippen LogP contribution < -0.4 is 4.74 Å². The Morgan fingerprint density at radius 1 is 1.33 bits per heavy atom. The predicted molar refractivity (Wildman–Crippen MR) is 76.6 cm³/mol. The summed E-state index contributed by atoms with van der Waals surface area (Å²) in [6.07, 6.45) is 2.60. The van der Waals surface area contributed by atoms with E-state index in [-0.39, 0.29) is 0 Å². The second kappa shape index (κ2) is 5.75. The van der Waals surface area contributed by atoms with Gasteiger partial charge in [0.15, 0.2) is 0 Å². The summed E-state index contributed by atoms with van der Waals surface area (Å²) in [5, 5.41) is 0. The Kier molecular flexibility index (Phi) is 4.28. The Balaban J connectivity index is 2.23. The number of hydrogen-bond acceptors (Lipinski definition) is 2. The van der Waals surface area contributed by atoms with Gasteiger partial charge in [-0.2, -0.15) is 0 Å². The van der Waals surface area contributed by atoms with Gasteiger partial charge in [0.1, 0.15) is 5.75 Å². The molecule has 1 atom stereocenters. The first-order valence-electron chi connectivity index (χ1n) is 6.98. The van der Waals surface area contributed by atoms with Crippen molar-refractivity contribution >= 4 is 0 Å². The first kappa shape index (κ1) is 13.4. The maximum absolute atomic E-state index is 5.55. The highest BCUT2D eigenvalue weighted by Crippen LogP contribution is 2.33. The third-order valence-corrected chi connectivity index (χ3v) is 3.98. The fourth-order valence-corrected chi connectivity index (χ4v) is 2.90. The second-order valence-electron chi connectivity index (χ2n) is 5.76. The molecule has 1 saturated heterocycles. The lowest BCUT2D eigenvalue weighted by Crippen LogP contribution is -2.30. The van der Waals surface area contributed by atoms with Crippen LogP contribution in [-0.2, 0) is 0 Å². The third kappa shape index (κ3) is 2.86. The van der Waals surface area contributed by atoms with Gasteiger partial charge in [0, 0.05) is 6.54 Å². The molecule has 0 saturated carbocycles. The molecule has 18 heavy (non-hydrogen) atoms. The van der Waals surface area contributed by atoms with Gasteiger partial charge in [-0.05, 0) is 55.5 Å². The molecule has 0 N–H and O–H groups in total. The van der Waals surface area contributed by atoms with E-state index < -0.39 is 0 Å². The van der Waals surface area contributed by atoms with E-state index in [0.717, 1.165) is 5.75 Å². The van der Waals surface area contributed by atoms with E-state index in [9.17, 15) is 0 Å². The van der Waals surface area contributed by atoms with Crippen LogP contribution in [0.5, 0.6) is 5.75 Å². The van der Waals surface area contributed by atoms with Crippen molar-refractivity contribution < 1.29 is 4.74 Å². The molecule has 0 bridgehead atoms. The van der Waals surface area contributed by atoms with Gasteiger partial charge < -0.3 is 9.64 Å². The van der Waals surface area contributed by atoms with Crippen molar-refractivity contribution in [3.05, 3.63) is 29.3 Å². The maximum Gasteiger partial charge on any atom is 0.122 e. The summed E-state index contributed by atoms with van der Waals surface area (Å²) in [7, 11) is 3.99. The van der Waals surface area contributed by atoms with Gasteiger partial charge in [0.05, 0.1) is 7.11 Å². The number of hydrogen-bond donors (Lipinski definition) is 0. The minimum atomic E-state index is 0.517. The minimum absolute atomic E-state index is 0.517. The van der Waals surface area contributed by atoms with Gasteiger partial charge in [0.25, 0.3) is 0 Å². The SMILES string of the molecule is COc1cc(C2CCCN(C)C2)ccc1C(C)C. The zero-order chi connectivity index (χ0) is 13.1. The van der Waals surface area contributed by atoms with Crippen LogP contribution in [0.15, 0.2) is 18.2 Å².